The van der Waals surface area contributed by atoms with Crippen LogP contribution in [0.1, 0.15) is 63.5 Å². The molecule has 4 bridgehead atoms. The van der Waals surface area contributed by atoms with Crippen molar-refractivity contribution in [2.75, 3.05) is 23.7 Å². The van der Waals surface area contributed by atoms with Gasteiger partial charge in [0.15, 0.2) is 0 Å². The predicted octanol–water partition coefficient (Wildman–Crippen LogP) is 5.24. The van der Waals surface area contributed by atoms with E-state index >= 15 is 0 Å². The number of hydrogen-bond donors (Lipinski definition) is 1. The molecular formula is C31H40BrN3O4S. The Morgan fingerprint density at radius 2 is 1.62 bits per heavy atom. The Morgan fingerprint density at radius 3 is 2.15 bits per heavy atom. The number of carbonyl (C=O) groups is 2. The number of nitrogens with one attached hydrogen (secondary N) is 1. The van der Waals surface area contributed by atoms with Crippen LogP contribution in [-0.4, -0.2) is 50.5 Å². The SMILES string of the molecule is CCNC(=O)[C@@H](C)N(Cc1cccc(Br)c1)C(=O)CN(c1ccc(C23CC4CC(CC(C4)C2)C3)cc1)S(C)(=O)=O. The van der Waals surface area contributed by atoms with Gasteiger partial charge >= 0.3 is 0 Å². The van der Waals surface area contributed by atoms with E-state index < -0.39 is 22.0 Å². The van der Waals surface area contributed by atoms with Gasteiger partial charge < -0.3 is 10.2 Å². The Labute approximate surface area is 246 Å². The topological polar surface area (TPSA) is 86.8 Å². The second-order valence-corrected chi connectivity index (χ2v) is 15.1. The highest BCUT2D eigenvalue weighted by Crippen LogP contribution is 2.60. The van der Waals surface area contributed by atoms with E-state index in [4.69, 9.17) is 0 Å². The van der Waals surface area contributed by atoms with Crippen LogP contribution in [0.4, 0.5) is 5.69 Å². The fourth-order valence-corrected chi connectivity index (χ4v) is 9.09. The average Bonchev–Trinajstić information content (AvgIpc) is 2.89. The second-order valence-electron chi connectivity index (χ2n) is 12.2. The summed E-state index contributed by atoms with van der Waals surface area (Å²) in [5.74, 6) is 1.74. The molecule has 40 heavy (non-hydrogen) atoms. The standard InChI is InChI=1S/C31H40BrN3O4S/c1-4-33-30(37)21(2)34(19-22-6-5-7-27(32)15-22)29(36)20-35(40(3,38)39)28-10-8-26(9-11-28)31-16-23-12-24(17-31)14-25(13-23)18-31/h5-11,15,21,23-25H,4,12-14,16-20H2,1-3H3,(H,33,37)/t21-,23?,24?,25?,31?/m1/s1. The Balaban J connectivity index is 1.39. The van der Waals surface area contributed by atoms with Gasteiger partial charge in [0.25, 0.3) is 0 Å². The van der Waals surface area contributed by atoms with Gasteiger partial charge in [0, 0.05) is 17.6 Å². The molecule has 6 rings (SSSR count). The number of hydrogen-bond acceptors (Lipinski definition) is 4. The monoisotopic (exact) mass is 629 g/mol. The maximum absolute atomic E-state index is 13.7. The Hall–Kier alpha value is -2.39. The minimum Gasteiger partial charge on any atom is -0.355 e. The fourth-order valence-electron chi connectivity index (χ4n) is 7.80. The third-order valence-corrected chi connectivity index (χ3v) is 10.9. The van der Waals surface area contributed by atoms with Crippen LogP contribution < -0.4 is 9.62 Å². The van der Waals surface area contributed by atoms with Crippen molar-refractivity contribution in [2.45, 2.75) is 70.4 Å². The molecule has 2 aromatic carbocycles. The first-order chi connectivity index (χ1) is 19.0. The quantitative estimate of drug-likeness (QED) is 0.390. The minimum atomic E-state index is -3.76. The molecule has 2 aromatic rings. The van der Waals surface area contributed by atoms with Gasteiger partial charge in [-0.05, 0) is 111 Å². The Morgan fingerprint density at radius 1 is 1.02 bits per heavy atom. The molecule has 0 spiro atoms. The molecule has 4 aliphatic carbocycles. The molecule has 0 aromatic heterocycles. The zero-order valence-electron chi connectivity index (χ0n) is 23.6. The third-order valence-electron chi connectivity index (χ3n) is 9.25. The molecule has 9 heteroatoms. The maximum Gasteiger partial charge on any atom is 0.244 e. The highest BCUT2D eigenvalue weighted by atomic mass is 79.9. The van der Waals surface area contributed by atoms with Gasteiger partial charge in [-0.3, -0.25) is 13.9 Å². The number of carbonyl (C=O) groups excluding carboxylic acids is 2. The number of rotatable bonds is 10. The van der Waals surface area contributed by atoms with E-state index in [-0.39, 0.29) is 24.4 Å². The van der Waals surface area contributed by atoms with Gasteiger partial charge in [0.05, 0.1) is 11.9 Å². The molecule has 0 aliphatic heterocycles. The summed E-state index contributed by atoms with van der Waals surface area (Å²) in [5, 5.41) is 2.78. The Kier molecular flexibility index (Phi) is 8.35. The van der Waals surface area contributed by atoms with Gasteiger partial charge in [0.2, 0.25) is 21.8 Å². The first-order valence-corrected chi connectivity index (χ1v) is 17.0. The number of likely N-dealkylation sites (N-methyl/N-ethyl adjacent to an activating group) is 1. The smallest absolute Gasteiger partial charge is 0.244 e. The van der Waals surface area contributed by atoms with Gasteiger partial charge in [-0.2, -0.15) is 0 Å². The lowest BCUT2D eigenvalue weighted by molar-refractivity contribution is -0.139. The second kappa shape index (κ2) is 11.5. The van der Waals surface area contributed by atoms with Crippen molar-refractivity contribution >= 4 is 43.5 Å². The number of halogens is 1. The molecule has 4 aliphatic rings. The van der Waals surface area contributed by atoms with Crippen LogP contribution in [0.5, 0.6) is 0 Å². The van der Waals surface area contributed by atoms with Crippen molar-refractivity contribution in [3.63, 3.8) is 0 Å². The lowest BCUT2D eigenvalue weighted by Crippen LogP contribution is -2.51. The van der Waals surface area contributed by atoms with Crippen molar-refractivity contribution in [3.05, 3.63) is 64.1 Å². The highest BCUT2D eigenvalue weighted by molar-refractivity contribution is 9.10. The number of anilines is 1. The molecular weight excluding hydrogens is 590 g/mol. The summed E-state index contributed by atoms with van der Waals surface area (Å²) in [6.07, 6.45) is 8.92. The molecule has 216 valence electrons. The van der Waals surface area contributed by atoms with Crippen LogP contribution in [0.25, 0.3) is 0 Å². The van der Waals surface area contributed by atoms with Crippen LogP contribution in [0.2, 0.25) is 0 Å². The molecule has 4 saturated carbocycles. The molecule has 0 radical (unpaired) electrons. The van der Waals surface area contributed by atoms with Crippen molar-refractivity contribution in [2.24, 2.45) is 17.8 Å². The fraction of sp³-hybridized carbons (Fsp3) is 0.548. The van der Waals surface area contributed by atoms with Crippen LogP contribution >= 0.6 is 15.9 Å². The van der Waals surface area contributed by atoms with E-state index in [0.717, 1.165) is 38.4 Å². The van der Waals surface area contributed by atoms with E-state index in [1.165, 1.54) is 49.0 Å². The molecule has 1 N–H and O–H groups in total. The predicted molar refractivity (Wildman–Crippen MR) is 161 cm³/mol. The van der Waals surface area contributed by atoms with Crippen LogP contribution in [0.15, 0.2) is 53.0 Å². The van der Waals surface area contributed by atoms with Gasteiger partial charge in [-0.15, -0.1) is 0 Å². The Bertz CT molecular complexity index is 1330. The number of amides is 2. The van der Waals surface area contributed by atoms with Gasteiger partial charge in [0.1, 0.15) is 12.6 Å². The molecule has 0 saturated heterocycles. The van der Waals surface area contributed by atoms with Crippen LogP contribution in [0.3, 0.4) is 0 Å². The van der Waals surface area contributed by atoms with Crippen LogP contribution in [0, 0.1) is 17.8 Å². The normalized spacial score (nSPS) is 25.9. The zero-order valence-corrected chi connectivity index (χ0v) is 26.0. The van der Waals surface area contributed by atoms with Crippen molar-refractivity contribution in [1.82, 2.24) is 10.2 Å². The molecule has 0 unspecified atom stereocenters. The van der Waals surface area contributed by atoms with Gasteiger partial charge in [-0.25, -0.2) is 8.42 Å². The molecule has 2 amide bonds. The minimum absolute atomic E-state index is 0.180. The number of sulfonamides is 1. The van der Waals surface area contributed by atoms with Crippen molar-refractivity contribution in [1.29, 1.82) is 0 Å². The summed E-state index contributed by atoms with van der Waals surface area (Å²) >= 11 is 3.46. The van der Waals surface area contributed by atoms with Gasteiger partial charge in [-0.1, -0.05) is 40.2 Å². The highest BCUT2D eigenvalue weighted by Gasteiger charge is 2.51. The lowest BCUT2D eigenvalue weighted by Gasteiger charge is -2.57. The first-order valence-electron chi connectivity index (χ1n) is 14.4. The third kappa shape index (κ3) is 6.10. The van der Waals surface area contributed by atoms with E-state index in [0.29, 0.717) is 12.2 Å². The first kappa shape index (κ1) is 29.1. The summed E-state index contributed by atoms with van der Waals surface area (Å²) < 4.78 is 28.0. The van der Waals surface area contributed by atoms with E-state index in [9.17, 15) is 18.0 Å². The summed E-state index contributed by atoms with van der Waals surface area (Å²) in [5.41, 5.74) is 2.82. The molecule has 7 nitrogen and oxygen atoms in total. The largest absolute Gasteiger partial charge is 0.355 e. The summed E-state index contributed by atoms with van der Waals surface area (Å²) in [7, 11) is -3.76. The number of nitrogens with zero attached hydrogens (tertiary/aromatic N) is 2. The zero-order chi connectivity index (χ0) is 28.7. The lowest BCUT2D eigenvalue weighted by atomic mass is 9.48. The number of benzene rings is 2. The maximum atomic E-state index is 13.7. The average molecular weight is 631 g/mol. The molecule has 0 heterocycles. The molecule has 1 atom stereocenters. The van der Waals surface area contributed by atoms with Crippen molar-refractivity contribution in [3.8, 4) is 0 Å². The van der Waals surface area contributed by atoms with Crippen molar-refractivity contribution < 1.29 is 18.0 Å². The van der Waals surface area contributed by atoms with E-state index in [2.05, 4.69) is 33.4 Å². The molecule has 4 fully saturated rings. The summed E-state index contributed by atoms with van der Waals surface area (Å²) in [6.45, 7) is 3.73. The summed E-state index contributed by atoms with van der Waals surface area (Å²) in [6, 6.07) is 14.6. The van der Waals surface area contributed by atoms with E-state index in [1.807, 2.05) is 43.3 Å². The van der Waals surface area contributed by atoms with Crippen LogP contribution in [-0.2, 0) is 31.6 Å². The summed E-state index contributed by atoms with van der Waals surface area (Å²) in [4.78, 5) is 27.9. The van der Waals surface area contributed by atoms with E-state index in [1.54, 1.807) is 6.92 Å².